The molecule has 2 aromatic heterocycles. The number of carbonyl (C=O) groups excluding carboxylic acids is 1. The van der Waals surface area contributed by atoms with Crippen LogP contribution in [0.4, 0.5) is 5.82 Å². The first-order chi connectivity index (χ1) is 13.1. The highest BCUT2D eigenvalue weighted by Gasteiger charge is 2.32. The number of hydrogen-bond donors (Lipinski definition) is 1. The van der Waals surface area contributed by atoms with Gasteiger partial charge < -0.3 is 5.32 Å². The van der Waals surface area contributed by atoms with Crippen LogP contribution in [0.25, 0.3) is 11.7 Å². The van der Waals surface area contributed by atoms with Crippen LogP contribution in [0.5, 0.6) is 0 Å². The number of amides is 1. The van der Waals surface area contributed by atoms with Crippen molar-refractivity contribution >= 4 is 51.7 Å². The molecule has 1 amide bonds. The second-order valence-corrected chi connectivity index (χ2v) is 7.64. The molecule has 3 rings (SSSR count). The van der Waals surface area contributed by atoms with E-state index in [0.717, 1.165) is 12.8 Å². The highest BCUT2D eigenvalue weighted by Crippen LogP contribution is 2.33. The van der Waals surface area contributed by atoms with Crippen molar-refractivity contribution in [2.24, 2.45) is 0 Å². The minimum atomic E-state index is -0.244. The predicted octanol–water partition coefficient (Wildman–Crippen LogP) is 3.29. The first-order valence-corrected chi connectivity index (χ1v) is 9.90. The molecule has 0 atom stereocenters. The zero-order chi connectivity index (χ0) is 19.4. The van der Waals surface area contributed by atoms with Gasteiger partial charge in [-0.25, -0.2) is 4.98 Å². The van der Waals surface area contributed by atoms with Gasteiger partial charge in [-0.15, -0.1) is 6.58 Å². The Bertz CT molecular complexity index is 997. The molecule has 0 aromatic carbocycles. The minimum Gasteiger partial charge on any atom is -0.366 e. The van der Waals surface area contributed by atoms with E-state index in [9.17, 15) is 9.59 Å². The Morgan fingerprint density at radius 3 is 2.93 bits per heavy atom. The average Bonchev–Trinajstić information content (AvgIpc) is 2.94. The standard InChI is InChI=1S/C19H20N4O2S2/c1-3-5-10-23-18(25)14(27-19(23)26)12-13-16(20-9-4-2)21-15-8-6-7-11-22(15)17(13)24/h4,6-8,11-12,20H,2-3,5,9-10H2,1H3. The van der Waals surface area contributed by atoms with Crippen molar-refractivity contribution in [2.45, 2.75) is 19.8 Å². The van der Waals surface area contributed by atoms with Crippen LogP contribution in [-0.4, -0.2) is 37.6 Å². The molecule has 6 nitrogen and oxygen atoms in total. The van der Waals surface area contributed by atoms with E-state index in [1.165, 1.54) is 16.2 Å². The van der Waals surface area contributed by atoms with Crippen LogP contribution in [-0.2, 0) is 4.79 Å². The Balaban J connectivity index is 2.07. The van der Waals surface area contributed by atoms with Gasteiger partial charge in [0, 0.05) is 19.3 Å². The van der Waals surface area contributed by atoms with Crippen molar-refractivity contribution in [3.05, 3.63) is 57.9 Å². The molecule has 0 saturated carbocycles. The molecule has 1 aliphatic rings. The summed E-state index contributed by atoms with van der Waals surface area (Å²) in [5.74, 6) is 0.260. The van der Waals surface area contributed by atoms with E-state index in [-0.39, 0.29) is 11.5 Å². The average molecular weight is 401 g/mol. The summed E-state index contributed by atoms with van der Waals surface area (Å²) in [6.07, 6.45) is 6.79. The summed E-state index contributed by atoms with van der Waals surface area (Å²) < 4.78 is 1.98. The summed E-state index contributed by atoms with van der Waals surface area (Å²) >= 11 is 6.56. The van der Waals surface area contributed by atoms with Gasteiger partial charge in [0.15, 0.2) is 0 Å². The quantitative estimate of drug-likeness (QED) is 0.437. The number of nitrogens with zero attached hydrogens (tertiary/aromatic N) is 3. The van der Waals surface area contributed by atoms with Crippen LogP contribution in [0.2, 0.25) is 0 Å². The third-order valence-electron chi connectivity index (χ3n) is 4.07. The molecule has 1 aliphatic heterocycles. The Hall–Kier alpha value is -2.45. The number of thiocarbonyl (C=S) groups is 1. The zero-order valence-corrected chi connectivity index (χ0v) is 16.6. The molecule has 3 heterocycles. The molecule has 0 radical (unpaired) electrons. The van der Waals surface area contributed by atoms with E-state index < -0.39 is 0 Å². The van der Waals surface area contributed by atoms with E-state index in [4.69, 9.17) is 12.2 Å². The molecule has 0 bridgehead atoms. The van der Waals surface area contributed by atoms with Gasteiger partial charge in [0.2, 0.25) is 0 Å². The maximum atomic E-state index is 13.0. The molecule has 8 heteroatoms. The molecule has 1 N–H and O–H groups in total. The van der Waals surface area contributed by atoms with Crippen LogP contribution in [0.3, 0.4) is 0 Å². The van der Waals surface area contributed by atoms with Gasteiger partial charge in [-0.1, -0.05) is 49.5 Å². The number of aromatic nitrogens is 2. The molecule has 0 unspecified atom stereocenters. The first kappa shape index (κ1) is 19.3. The van der Waals surface area contributed by atoms with E-state index in [1.54, 1.807) is 35.4 Å². The number of carbonyl (C=O) groups is 1. The van der Waals surface area contributed by atoms with Crippen molar-refractivity contribution < 1.29 is 4.79 Å². The Labute approximate surface area is 167 Å². The molecule has 1 fully saturated rings. The van der Waals surface area contributed by atoms with E-state index in [2.05, 4.69) is 23.8 Å². The van der Waals surface area contributed by atoms with Crippen molar-refractivity contribution in [3.8, 4) is 0 Å². The summed E-state index contributed by atoms with van der Waals surface area (Å²) in [6.45, 7) is 6.79. The van der Waals surface area contributed by atoms with Gasteiger partial charge in [0.05, 0.1) is 10.5 Å². The second-order valence-electron chi connectivity index (χ2n) is 5.96. The van der Waals surface area contributed by atoms with Gasteiger partial charge in [0.25, 0.3) is 11.5 Å². The number of nitrogens with one attached hydrogen (secondary N) is 1. The molecule has 2 aromatic rings. The zero-order valence-electron chi connectivity index (χ0n) is 15.0. The minimum absolute atomic E-state index is 0.161. The normalized spacial score (nSPS) is 15.7. The summed E-state index contributed by atoms with van der Waals surface area (Å²) in [6, 6.07) is 5.34. The smallest absolute Gasteiger partial charge is 0.267 e. The van der Waals surface area contributed by atoms with Gasteiger partial charge >= 0.3 is 0 Å². The number of fused-ring (bicyclic) bond motifs is 1. The van der Waals surface area contributed by atoms with Crippen molar-refractivity contribution in [3.63, 3.8) is 0 Å². The lowest BCUT2D eigenvalue weighted by Crippen LogP contribution is -2.29. The highest BCUT2D eigenvalue weighted by atomic mass is 32.2. The lowest BCUT2D eigenvalue weighted by atomic mass is 10.2. The molecule has 1 saturated heterocycles. The van der Waals surface area contributed by atoms with Crippen LogP contribution >= 0.6 is 24.0 Å². The number of hydrogen-bond acceptors (Lipinski definition) is 6. The predicted molar refractivity (Wildman–Crippen MR) is 115 cm³/mol. The lowest BCUT2D eigenvalue weighted by molar-refractivity contribution is -0.122. The molecule has 140 valence electrons. The van der Waals surface area contributed by atoms with Gasteiger partial charge in [-0.3, -0.25) is 18.9 Å². The monoisotopic (exact) mass is 400 g/mol. The van der Waals surface area contributed by atoms with Gasteiger partial charge in [-0.05, 0) is 24.6 Å². The number of unbranched alkanes of at least 4 members (excludes halogenated alkanes) is 1. The van der Waals surface area contributed by atoms with E-state index in [1.807, 2.05) is 6.07 Å². The third-order valence-corrected chi connectivity index (χ3v) is 5.44. The first-order valence-electron chi connectivity index (χ1n) is 8.68. The summed E-state index contributed by atoms with van der Waals surface area (Å²) in [7, 11) is 0. The Morgan fingerprint density at radius 2 is 2.19 bits per heavy atom. The number of rotatable bonds is 7. The van der Waals surface area contributed by atoms with Gasteiger partial charge in [0.1, 0.15) is 15.8 Å². The molecule has 0 spiro atoms. The highest BCUT2D eigenvalue weighted by molar-refractivity contribution is 8.26. The SMILES string of the molecule is C=CCNc1nc2ccccn2c(=O)c1C=C1SC(=S)N(CCCC)C1=O. The largest absolute Gasteiger partial charge is 0.366 e. The number of anilines is 1. The maximum Gasteiger partial charge on any atom is 0.267 e. The van der Waals surface area contributed by atoms with Crippen LogP contribution in [0, 0.1) is 0 Å². The Morgan fingerprint density at radius 1 is 1.37 bits per heavy atom. The maximum absolute atomic E-state index is 13.0. The summed E-state index contributed by atoms with van der Waals surface area (Å²) in [5.41, 5.74) is 0.615. The summed E-state index contributed by atoms with van der Waals surface area (Å²) in [5, 5.41) is 3.09. The van der Waals surface area contributed by atoms with Crippen molar-refractivity contribution in [1.29, 1.82) is 0 Å². The topological polar surface area (TPSA) is 66.7 Å². The third kappa shape index (κ3) is 3.96. The second kappa shape index (κ2) is 8.49. The number of pyridine rings is 1. The molecule has 0 aliphatic carbocycles. The van der Waals surface area contributed by atoms with Crippen LogP contribution < -0.4 is 10.9 Å². The van der Waals surface area contributed by atoms with Gasteiger partial charge in [-0.2, -0.15) is 0 Å². The fourth-order valence-electron chi connectivity index (χ4n) is 2.68. The molecule has 27 heavy (non-hydrogen) atoms. The number of thioether (sulfide) groups is 1. The van der Waals surface area contributed by atoms with Crippen LogP contribution in [0.15, 0.2) is 46.8 Å². The van der Waals surface area contributed by atoms with E-state index >= 15 is 0 Å². The molecular weight excluding hydrogens is 380 g/mol. The fourth-order valence-corrected chi connectivity index (χ4v) is 3.97. The Kier molecular flexibility index (Phi) is 6.08. The lowest BCUT2D eigenvalue weighted by Gasteiger charge is -2.13. The fraction of sp³-hybridized carbons (Fsp3) is 0.263. The van der Waals surface area contributed by atoms with Crippen molar-refractivity contribution in [1.82, 2.24) is 14.3 Å². The van der Waals surface area contributed by atoms with E-state index in [0.29, 0.717) is 39.3 Å². The van der Waals surface area contributed by atoms with Crippen LogP contribution in [0.1, 0.15) is 25.3 Å². The van der Waals surface area contributed by atoms with Crippen molar-refractivity contribution in [2.75, 3.05) is 18.4 Å². The summed E-state index contributed by atoms with van der Waals surface area (Å²) in [4.78, 5) is 32.3. The molecular formula is C19H20N4O2S2.